The number of ether oxygens (including phenoxy) is 2. The summed E-state index contributed by atoms with van der Waals surface area (Å²) >= 11 is 0. The molecule has 0 atom stereocenters. The van der Waals surface area contributed by atoms with Crippen molar-refractivity contribution in [3.05, 3.63) is 53.3 Å². The average Bonchev–Trinajstić information content (AvgIpc) is 2.95. The van der Waals surface area contributed by atoms with Crippen LogP contribution in [0.15, 0.2) is 36.5 Å². The minimum atomic E-state index is -4.29. The van der Waals surface area contributed by atoms with Gasteiger partial charge in [0.15, 0.2) is 0 Å². The van der Waals surface area contributed by atoms with Gasteiger partial charge in [0, 0.05) is 42.7 Å². The van der Waals surface area contributed by atoms with Crippen LogP contribution in [-0.4, -0.2) is 64.8 Å². The van der Waals surface area contributed by atoms with E-state index >= 15 is 0 Å². The number of carbonyl (C=O) groups is 1. The van der Waals surface area contributed by atoms with E-state index in [9.17, 15) is 18.0 Å². The molecule has 1 aliphatic heterocycles. The van der Waals surface area contributed by atoms with Crippen LogP contribution in [0.2, 0.25) is 0 Å². The molecule has 0 saturated heterocycles. The molecular formula is C29H34F3N5O3. The number of amides is 1. The number of hydrogen-bond acceptors (Lipinski definition) is 7. The largest absolute Gasteiger partial charge is 0.477 e. The molecule has 3 heterocycles. The first kappa shape index (κ1) is 28.1. The summed E-state index contributed by atoms with van der Waals surface area (Å²) in [5, 5.41) is 4.08. The third-order valence-corrected chi connectivity index (χ3v) is 7.81. The highest BCUT2D eigenvalue weighted by molar-refractivity contribution is 6.06. The highest BCUT2D eigenvalue weighted by Gasteiger charge is 2.29. The summed E-state index contributed by atoms with van der Waals surface area (Å²) in [5.41, 5.74) is 2.97. The number of methoxy groups -OCH3 is 1. The molecule has 1 amide bonds. The Morgan fingerprint density at radius 2 is 1.95 bits per heavy atom. The fourth-order valence-electron chi connectivity index (χ4n) is 5.61. The molecule has 0 bridgehead atoms. The van der Waals surface area contributed by atoms with Crippen LogP contribution in [0.25, 0.3) is 10.9 Å². The summed E-state index contributed by atoms with van der Waals surface area (Å²) in [6, 6.07) is 9.64. The van der Waals surface area contributed by atoms with Gasteiger partial charge >= 0.3 is 12.2 Å². The van der Waals surface area contributed by atoms with Crippen LogP contribution >= 0.6 is 0 Å². The van der Waals surface area contributed by atoms with E-state index in [4.69, 9.17) is 9.47 Å². The van der Waals surface area contributed by atoms with Crippen LogP contribution in [0, 0.1) is 5.92 Å². The van der Waals surface area contributed by atoms with E-state index in [0.717, 1.165) is 67.4 Å². The Hall–Kier alpha value is -3.47. The summed E-state index contributed by atoms with van der Waals surface area (Å²) in [4.78, 5) is 28.2. The van der Waals surface area contributed by atoms with E-state index in [2.05, 4.69) is 25.2 Å². The minimum absolute atomic E-state index is 0.0545. The molecular weight excluding hydrogens is 523 g/mol. The zero-order valence-electron chi connectivity index (χ0n) is 22.5. The highest BCUT2D eigenvalue weighted by Crippen LogP contribution is 2.31. The number of aromatic nitrogens is 3. The lowest BCUT2D eigenvalue weighted by Gasteiger charge is -2.33. The lowest BCUT2D eigenvalue weighted by Crippen LogP contribution is -2.38. The van der Waals surface area contributed by atoms with Crippen LogP contribution in [0.1, 0.15) is 60.1 Å². The van der Waals surface area contributed by atoms with Crippen LogP contribution in [0.5, 0.6) is 11.9 Å². The maximum Gasteiger partial charge on any atom is 0.392 e. The Labute approximate surface area is 231 Å². The van der Waals surface area contributed by atoms with Gasteiger partial charge in [-0.1, -0.05) is 12.1 Å². The molecule has 2 aromatic heterocycles. The molecule has 1 saturated carbocycles. The van der Waals surface area contributed by atoms with Gasteiger partial charge in [0.25, 0.3) is 5.91 Å². The molecule has 1 aliphatic carbocycles. The molecule has 214 valence electrons. The molecule has 2 aliphatic rings. The molecule has 40 heavy (non-hydrogen) atoms. The van der Waals surface area contributed by atoms with Crippen molar-refractivity contribution in [1.29, 1.82) is 0 Å². The number of hydrogen-bond donors (Lipinski definition) is 1. The molecule has 0 radical (unpaired) electrons. The van der Waals surface area contributed by atoms with E-state index in [1.807, 2.05) is 30.3 Å². The molecule has 3 aromatic rings. The van der Waals surface area contributed by atoms with Crippen LogP contribution < -0.4 is 14.8 Å². The van der Waals surface area contributed by atoms with Crippen LogP contribution in [0.3, 0.4) is 0 Å². The number of pyridine rings is 1. The van der Waals surface area contributed by atoms with Gasteiger partial charge in [0.1, 0.15) is 0 Å². The number of nitrogens with one attached hydrogen (secondary N) is 1. The third kappa shape index (κ3) is 6.99. The predicted octanol–water partition coefficient (Wildman–Crippen LogP) is 5.10. The van der Waals surface area contributed by atoms with E-state index in [0.29, 0.717) is 24.4 Å². The number of carbonyl (C=O) groups excluding carboxylic acids is 1. The summed E-state index contributed by atoms with van der Waals surface area (Å²) in [7, 11) is 1.43. The average molecular weight is 558 g/mol. The van der Waals surface area contributed by atoms with E-state index in [-0.39, 0.29) is 23.8 Å². The van der Waals surface area contributed by atoms with Gasteiger partial charge in [0.2, 0.25) is 5.88 Å². The van der Waals surface area contributed by atoms with E-state index in [1.54, 1.807) is 6.20 Å². The van der Waals surface area contributed by atoms with Crippen molar-refractivity contribution < 1.29 is 27.4 Å². The molecule has 5 rings (SSSR count). The van der Waals surface area contributed by atoms with Gasteiger partial charge in [0.05, 0.1) is 36.9 Å². The Kier molecular flexibility index (Phi) is 8.68. The summed E-state index contributed by atoms with van der Waals surface area (Å²) in [5.74, 6) is 0.682. The Morgan fingerprint density at radius 3 is 2.73 bits per heavy atom. The fourth-order valence-corrected chi connectivity index (χ4v) is 5.61. The Bertz CT molecular complexity index is 1320. The molecule has 1 fully saturated rings. The molecule has 0 unspecified atom stereocenters. The summed E-state index contributed by atoms with van der Waals surface area (Å²) in [6.45, 7) is 1.72. The second-order valence-electron chi connectivity index (χ2n) is 10.5. The summed E-state index contributed by atoms with van der Waals surface area (Å²) < 4.78 is 48.5. The van der Waals surface area contributed by atoms with Crippen molar-refractivity contribution in [2.45, 2.75) is 63.7 Å². The molecule has 8 nitrogen and oxygen atoms in total. The Balaban J connectivity index is 1.11. The maximum absolute atomic E-state index is 13.0. The first-order valence-corrected chi connectivity index (χ1v) is 13.8. The number of alkyl halides is 3. The van der Waals surface area contributed by atoms with Crippen LogP contribution in [0.4, 0.5) is 13.2 Å². The zero-order chi connectivity index (χ0) is 28.1. The normalized spacial score (nSPS) is 19.7. The van der Waals surface area contributed by atoms with Gasteiger partial charge in [-0.05, 0) is 62.8 Å². The SMILES string of the molecule is COc1nc2c(c(OCCC(F)(F)F)n1)CN(CCC1CCC(NC(=O)c3cccc4ncccc34)CC1)CC2. The quantitative estimate of drug-likeness (QED) is 0.392. The van der Waals surface area contributed by atoms with Crippen molar-refractivity contribution in [2.75, 3.05) is 26.8 Å². The topological polar surface area (TPSA) is 89.5 Å². The van der Waals surface area contributed by atoms with E-state index in [1.165, 1.54) is 7.11 Å². The van der Waals surface area contributed by atoms with Crippen molar-refractivity contribution >= 4 is 16.8 Å². The molecule has 1 N–H and O–H groups in total. The number of fused-ring (bicyclic) bond motifs is 2. The van der Waals surface area contributed by atoms with Crippen LogP contribution in [-0.2, 0) is 13.0 Å². The predicted molar refractivity (Wildman–Crippen MR) is 143 cm³/mol. The van der Waals surface area contributed by atoms with Crippen molar-refractivity contribution in [1.82, 2.24) is 25.2 Å². The van der Waals surface area contributed by atoms with Gasteiger partial charge in [-0.3, -0.25) is 14.7 Å². The molecule has 0 spiro atoms. The molecule has 11 heteroatoms. The zero-order valence-corrected chi connectivity index (χ0v) is 22.5. The molecule has 1 aromatic carbocycles. The van der Waals surface area contributed by atoms with E-state index < -0.39 is 19.2 Å². The number of nitrogens with zero attached hydrogens (tertiary/aromatic N) is 4. The minimum Gasteiger partial charge on any atom is -0.477 e. The van der Waals surface area contributed by atoms with Crippen molar-refractivity contribution in [2.24, 2.45) is 5.92 Å². The second-order valence-corrected chi connectivity index (χ2v) is 10.5. The Morgan fingerprint density at radius 1 is 1.12 bits per heavy atom. The third-order valence-electron chi connectivity index (χ3n) is 7.81. The smallest absolute Gasteiger partial charge is 0.392 e. The van der Waals surface area contributed by atoms with Gasteiger partial charge in [-0.2, -0.15) is 23.1 Å². The summed E-state index contributed by atoms with van der Waals surface area (Å²) in [6.07, 6.45) is 2.03. The standard InChI is InChI=1S/C29H34F3N5O3/c1-39-28-35-25-12-16-37(18-23(25)27(36-28)40-17-13-29(30,31)32)15-11-19-7-9-20(10-8-19)34-26(38)22-4-2-6-24-21(22)5-3-14-33-24/h2-6,14,19-20H,7-13,15-18H2,1H3,(H,34,38). The highest BCUT2D eigenvalue weighted by atomic mass is 19.4. The van der Waals surface area contributed by atoms with Crippen molar-refractivity contribution in [3.63, 3.8) is 0 Å². The number of benzene rings is 1. The number of rotatable bonds is 9. The first-order valence-electron chi connectivity index (χ1n) is 13.8. The fraction of sp³-hybridized carbons (Fsp3) is 0.517. The van der Waals surface area contributed by atoms with Gasteiger partial charge < -0.3 is 14.8 Å². The number of halogens is 3. The lowest BCUT2D eigenvalue weighted by molar-refractivity contribution is -0.139. The van der Waals surface area contributed by atoms with Crippen molar-refractivity contribution in [3.8, 4) is 11.9 Å². The van der Waals surface area contributed by atoms with Gasteiger partial charge in [-0.25, -0.2) is 0 Å². The van der Waals surface area contributed by atoms with Gasteiger partial charge in [-0.15, -0.1) is 0 Å². The lowest BCUT2D eigenvalue weighted by atomic mass is 9.83. The maximum atomic E-state index is 13.0. The second kappa shape index (κ2) is 12.4. The first-order chi connectivity index (χ1) is 19.3. The monoisotopic (exact) mass is 557 g/mol.